The molecule has 1 aromatic rings. The summed E-state index contributed by atoms with van der Waals surface area (Å²) in [6.45, 7) is 8.19. The van der Waals surface area contributed by atoms with Gasteiger partial charge in [0.2, 0.25) is 0 Å². The molecule has 0 aromatic heterocycles. The molecule has 100 valence electrons. The minimum atomic E-state index is -0.131. The van der Waals surface area contributed by atoms with E-state index in [4.69, 9.17) is 5.73 Å². The molecule has 18 heavy (non-hydrogen) atoms. The van der Waals surface area contributed by atoms with E-state index >= 15 is 0 Å². The summed E-state index contributed by atoms with van der Waals surface area (Å²) in [5.41, 5.74) is 7.84. The van der Waals surface area contributed by atoms with Gasteiger partial charge >= 0.3 is 0 Å². The Bertz CT molecular complexity index is 398. The minimum absolute atomic E-state index is 0.131. The van der Waals surface area contributed by atoms with Crippen LogP contribution in [-0.4, -0.2) is 48.3 Å². The van der Waals surface area contributed by atoms with Crippen molar-refractivity contribution in [3.8, 4) is 0 Å². The zero-order chi connectivity index (χ0) is 13.2. The smallest absolute Gasteiger partial charge is 0.0610 e. The number of para-hydroxylation sites is 2. The molecule has 0 bridgehead atoms. The van der Waals surface area contributed by atoms with Crippen LogP contribution in [-0.2, 0) is 0 Å². The maximum Gasteiger partial charge on any atom is 0.0610 e. The van der Waals surface area contributed by atoms with Gasteiger partial charge < -0.3 is 15.7 Å². The van der Waals surface area contributed by atoms with Crippen LogP contribution in [0.15, 0.2) is 24.3 Å². The van der Waals surface area contributed by atoms with Gasteiger partial charge in [-0.3, -0.25) is 4.90 Å². The monoisotopic (exact) mass is 249 g/mol. The summed E-state index contributed by atoms with van der Waals surface area (Å²) in [6, 6.07) is 8.00. The van der Waals surface area contributed by atoms with Gasteiger partial charge in [0.1, 0.15) is 0 Å². The van der Waals surface area contributed by atoms with Crippen LogP contribution in [0.2, 0.25) is 0 Å². The summed E-state index contributed by atoms with van der Waals surface area (Å²) < 4.78 is 0. The highest BCUT2D eigenvalue weighted by atomic mass is 16.3. The Balaban J connectivity index is 2.01. The number of benzene rings is 1. The fourth-order valence-electron chi connectivity index (χ4n) is 2.43. The maximum atomic E-state index is 9.40. The van der Waals surface area contributed by atoms with Crippen LogP contribution in [0, 0.1) is 0 Å². The highest BCUT2D eigenvalue weighted by molar-refractivity contribution is 5.67. The van der Waals surface area contributed by atoms with Crippen LogP contribution in [0.4, 0.5) is 11.4 Å². The van der Waals surface area contributed by atoms with Gasteiger partial charge in [0.15, 0.2) is 0 Å². The molecule has 1 heterocycles. The minimum Gasteiger partial charge on any atom is -0.397 e. The van der Waals surface area contributed by atoms with Crippen molar-refractivity contribution in [1.82, 2.24) is 4.90 Å². The molecular formula is C14H23N3O. The number of rotatable bonds is 3. The maximum absolute atomic E-state index is 9.40. The van der Waals surface area contributed by atoms with E-state index in [2.05, 4.69) is 29.7 Å². The van der Waals surface area contributed by atoms with Gasteiger partial charge in [0, 0.05) is 31.7 Å². The summed E-state index contributed by atoms with van der Waals surface area (Å²) >= 11 is 0. The third-order valence-electron chi connectivity index (χ3n) is 3.80. The summed E-state index contributed by atoms with van der Waals surface area (Å²) in [4.78, 5) is 4.65. The van der Waals surface area contributed by atoms with Crippen molar-refractivity contribution in [1.29, 1.82) is 0 Å². The van der Waals surface area contributed by atoms with Gasteiger partial charge in [-0.05, 0) is 26.0 Å². The predicted octanol–water partition coefficient (Wildman–Crippen LogP) is 1.16. The Morgan fingerprint density at radius 2 is 1.78 bits per heavy atom. The van der Waals surface area contributed by atoms with Crippen LogP contribution in [0.5, 0.6) is 0 Å². The summed E-state index contributed by atoms with van der Waals surface area (Å²) in [5, 5.41) is 9.40. The molecule has 4 nitrogen and oxygen atoms in total. The van der Waals surface area contributed by atoms with Crippen molar-refractivity contribution in [2.24, 2.45) is 0 Å². The molecule has 0 spiro atoms. The van der Waals surface area contributed by atoms with Gasteiger partial charge in [-0.15, -0.1) is 0 Å². The van der Waals surface area contributed by atoms with Crippen LogP contribution >= 0.6 is 0 Å². The van der Waals surface area contributed by atoms with E-state index in [1.165, 1.54) is 0 Å². The van der Waals surface area contributed by atoms with Crippen molar-refractivity contribution in [2.75, 3.05) is 43.4 Å². The SMILES string of the molecule is CC(C)(CO)N1CCN(c2ccccc2N)CC1. The van der Waals surface area contributed by atoms with Crippen molar-refractivity contribution in [3.05, 3.63) is 24.3 Å². The highest BCUT2D eigenvalue weighted by Crippen LogP contribution is 2.25. The third-order valence-corrected chi connectivity index (χ3v) is 3.80. The molecule has 0 atom stereocenters. The molecule has 1 saturated heterocycles. The Morgan fingerprint density at radius 1 is 1.17 bits per heavy atom. The van der Waals surface area contributed by atoms with Crippen molar-refractivity contribution in [2.45, 2.75) is 19.4 Å². The highest BCUT2D eigenvalue weighted by Gasteiger charge is 2.29. The Hall–Kier alpha value is -1.26. The van der Waals surface area contributed by atoms with E-state index in [-0.39, 0.29) is 12.1 Å². The largest absolute Gasteiger partial charge is 0.397 e. The molecule has 0 radical (unpaired) electrons. The van der Waals surface area contributed by atoms with E-state index in [0.29, 0.717) is 0 Å². The standard InChI is InChI=1S/C14H23N3O/c1-14(2,11-18)17-9-7-16(8-10-17)13-6-4-3-5-12(13)15/h3-6,18H,7-11,15H2,1-2H3. The molecule has 0 unspecified atom stereocenters. The first-order valence-corrected chi connectivity index (χ1v) is 6.50. The lowest BCUT2D eigenvalue weighted by atomic mass is 10.0. The molecule has 0 amide bonds. The number of aliphatic hydroxyl groups is 1. The molecule has 0 saturated carbocycles. The normalized spacial score (nSPS) is 18.1. The summed E-state index contributed by atoms with van der Waals surface area (Å²) in [7, 11) is 0. The molecule has 1 aromatic carbocycles. The van der Waals surface area contributed by atoms with E-state index in [1.54, 1.807) is 0 Å². The lowest BCUT2D eigenvalue weighted by molar-refractivity contribution is 0.0527. The molecule has 2 rings (SSSR count). The second kappa shape index (κ2) is 5.16. The van der Waals surface area contributed by atoms with Crippen LogP contribution in [0.1, 0.15) is 13.8 Å². The van der Waals surface area contributed by atoms with E-state index in [0.717, 1.165) is 37.6 Å². The lowest BCUT2D eigenvalue weighted by Crippen LogP contribution is -2.56. The van der Waals surface area contributed by atoms with Crippen LogP contribution < -0.4 is 10.6 Å². The molecule has 4 heteroatoms. The molecular weight excluding hydrogens is 226 g/mol. The van der Waals surface area contributed by atoms with Crippen LogP contribution in [0.3, 0.4) is 0 Å². The molecule has 1 aliphatic heterocycles. The van der Waals surface area contributed by atoms with Crippen molar-refractivity contribution < 1.29 is 5.11 Å². The zero-order valence-electron chi connectivity index (χ0n) is 11.3. The summed E-state index contributed by atoms with van der Waals surface area (Å²) in [6.07, 6.45) is 0. The number of nitrogens with two attached hydrogens (primary N) is 1. The number of aliphatic hydroxyl groups excluding tert-OH is 1. The quantitative estimate of drug-likeness (QED) is 0.789. The predicted molar refractivity (Wildman–Crippen MR) is 75.8 cm³/mol. The lowest BCUT2D eigenvalue weighted by Gasteiger charge is -2.44. The van der Waals surface area contributed by atoms with Gasteiger partial charge in [0.25, 0.3) is 0 Å². The average Bonchev–Trinajstić information content (AvgIpc) is 2.39. The van der Waals surface area contributed by atoms with Gasteiger partial charge in [0.05, 0.1) is 18.0 Å². The zero-order valence-corrected chi connectivity index (χ0v) is 11.3. The topological polar surface area (TPSA) is 52.7 Å². The second-order valence-corrected chi connectivity index (χ2v) is 5.50. The number of hydrogen-bond acceptors (Lipinski definition) is 4. The van der Waals surface area contributed by atoms with Crippen molar-refractivity contribution >= 4 is 11.4 Å². The Morgan fingerprint density at radius 3 is 2.33 bits per heavy atom. The first-order chi connectivity index (χ1) is 8.54. The number of nitrogens with zero attached hydrogens (tertiary/aromatic N) is 2. The van der Waals surface area contributed by atoms with Gasteiger partial charge in [-0.25, -0.2) is 0 Å². The number of hydrogen-bond donors (Lipinski definition) is 2. The average molecular weight is 249 g/mol. The van der Waals surface area contributed by atoms with Crippen molar-refractivity contribution in [3.63, 3.8) is 0 Å². The molecule has 3 N–H and O–H groups in total. The molecule has 1 aliphatic rings. The van der Waals surface area contributed by atoms with Crippen LogP contribution in [0.25, 0.3) is 0 Å². The second-order valence-electron chi connectivity index (χ2n) is 5.50. The third kappa shape index (κ3) is 2.60. The summed E-state index contributed by atoms with van der Waals surface area (Å²) in [5.74, 6) is 0. The number of anilines is 2. The van der Waals surface area contributed by atoms with Gasteiger partial charge in [-0.2, -0.15) is 0 Å². The van der Waals surface area contributed by atoms with E-state index in [1.807, 2.05) is 18.2 Å². The molecule has 0 aliphatic carbocycles. The Labute approximate surface area is 109 Å². The van der Waals surface area contributed by atoms with Gasteiger partial charge in [-0.1, -0.05) is 12.1 Å². The first-order valence-electron chi connectivity index (χ1n) is 6.50. The first kappa shape index (κ1) is 13.2. The Kier molecular flexibility index (Phi) is 3.78. The van der Waals surface area contributed by atoms with E-state index < -0.39 is 0 Å². The van der Waals surface area contributed by atoms with E-state index in [9.17, 15) is 5.11 Å². The number of piperazine rings is 1. The molecule has 1 fully saturated rings. The fourth-order valence-corrected chi connectivity index (χ4v) is 2.43. The fraction of sp³-hybridized carbons (Fsp3) is 0.571. The number of nitrogen functional groups attached to an aromatic ring is 1.